The van der Waals surface area contributed by atoms with Crippen LogP contribution in [0.15, 0.2) is 42.5 Å². The third kappa shape index (κ3) is 6.70. The predicted octanol–water partition coefficient (Wildman–Crippen LogP) is 5.18. The summed E-state index contributed by atoms with van der Waals surface area (Å²) in [6, 6.07) is 14.7. The molecule has 0 radical (unpaired) electrons. The maximum atomic E-state index is 11.7. The van der Waals surface area contributed by atoms with Gasteiger partial charge in [0, 0.05) is 36.9 Å². The molecule has 0 spiro atoms. The van der Waals surface area contributed by atoms with Crippen LogP contribution in [0.25, 0.3) is 5.69 Å². The van der Waals surface area contributed by atoms with E-state index in [4.69, 9.17) is 4.98 Å². The Bertz CT molecular complexity index is 1230. The molecule has 5 rings (SSSR count). The lowest BCUT2D eigenvalue weighted by Gasteiger charge is -2.24. The summed E-state index contributed by atoms with van der Waals surface area (Å²) in [5.41, 5.74) is 6.61. The molecule has 0 aliphatic carbocycles. The minimum Gasteiger partial charge on any atom is -0.481 e. The SMILES string of the molecule is Cc1cc(C)n(-c2cccc(C(CC(=O)O)CN3CCC(CCc4ccc5c(n4)NCCC5)C3)c2)n1.Cl. The van der Waals surface area contributed by atoms with Gasteiger partial charge in [-0.15, -0.1) is 12.4 Å². The smallest absolute Gasteiger partial charge is 0.304 e. The molecular formula is C29H38ClN5O2. The van der Waals surface area contributed by atoms with E-state index in [1.165, 1.54) is 17.7 Å². The second-order valence-corrected chi connectivity index (χ2v) is 10.5. The Hall–Kier alpha value is -2.90. The molecular weight excluding hydrogens is 486 g/mol. The molecule has 2 aliphatic heterocycles. The normalized spacial score (nSPS) is 18.1. The predicted molar refractivity (Wildman–Crippen MR) is 149 cm³/mol. The zero-order valence-corrected chi connectivity index (χ0v) is 22.6. The molecule has 4 heterocycles. The third-order valence-electron chi connectivity index (χ3n) is 7.63. The van der Waals surface area contributed by atoms with Crippen LogP contribution in [-0.2, 0) is 17.6 Å². The number of aryl methyl sites for hydroxylation is 4. The van der Waals surface area contributed by atoms with Crippen molar-refractivity contribution < 1.29 is 9.90 Å². The van der Waals surface area contributed by atoms with Gasteiger partial charge < -0.3 is 15.3 Å². The number of rotatable bonds is 9. The maximum Gasteiger partial charge on any atom is 0.304 e. The van der Waals surface area contributed by atoms with Crippen molar-refractivity contribution in [2.45, 2.75) is 58.3 Å². The first kappa shape index (κ1) is 27.1. The lowest BCUT2D eigenvalue weighted by Crippen LogP contribution is -2.28. The highest BCUT2D eigenvalue weighted by atomic mass is 35.5. The molecule has 1 aromatic carbocycles. The molecule has 2 unspecified atom stereocenters. The Morgan fingerprint density at radius 3 is 2.86 bits per heavy atom. The van der Waals surface area contributed by atoms with Gasteiger partial charge >= 0.3 is 5.97 Å². The van der Waals surface area contributed by atoms with E-state index in [0.29, 0.717) is 5.92 Å². The third-order valence-corrected chi connectivity index (χ3v) is 7.63. The number of hydrogen-bond acceptors (Lipinski definition) is 5. The zero-order chi connectivity index (χ0) is 25.1. The van der Waals surface area contributed by atoms with Crippen molar-refractivity contribution in [3.8, 4) is 5.69 Å². The zero-order valence-electron chi connectivity index (χ0n) is 21.8. The molecule has 2 N–H and O–H groups in total. The number of aromatic nitrogens is 3. The number of halogens is 1. The van der Waals surface area contributed by atoms with Gasteiger partial charge in [0.15, 0.2) is 0 Å². The number of nitrogens with zero attached hydrogens (tertiary/aromatic N) is 4. The fourth-order valence-corrected chi connectivity index (χ4v) is 5.79. The fourth-order valence-electron chi connectivity index (χ4n) is 5.79. The fraction of sp³-hybridized carbons (Fsp3) is 0.483. The topological polar surface area (TPSA) is 83.3 Å². The number of hydrogen-bond donors (Lipinski definition) is 2. The number of aliphatic carboxylic acids is 1. The first-order chi connectivity index (χ1) is 17.4. The van der Waals surface area contributed by atoms with Crippen molar-refractivity contribution in [1.29, 1.82) is 0 Å². The Balaban J connectivity index is 0.00000320. The summed E-state index contributed by atoms with van der Waals surface area (Å²) in [5.74, 6) is 0.902. The molecule has 2 aromatic heterocycles. The van der Waals surface area contributed by atoms with Crippen molar-refractivity contribution >= 4 is 24.2 Å². The van der Waals surface area contributed by atoms with Gasteiger partial charge in [-0.2, -0.15) is 5.10 Å². The van der Waals surface area contributed by atoms with Crippen molar-refractivity contribution in [1.82, 2.24) is 19.7 Å². The van der Waals surface area contributed by atoms with Crippen LogP contribution in [0.3, 0.4) is 0 Å². The van der Waals surface area contributed by atoms with E-state index in [-0.39, 0.29) is 24.7 Å². The van der Waals surface area contributed by atoms with Crippen LogP contribution < -0.4 is 5.32 Å². The summed E-state index contributed by atoms with van der Waals surface area (Å²) < 4.78 is 1.94. The summed E-state index contributed by atoms with van der Waals surface area (Å²) in [7, 11) is 0. The summed E-state index contributed by atoms with van der Waals surface area (Å²) in [5, 5.41) is 17.7. The van der Waals surface area contributed by atoms with E-state index < -0.39 is 5.97 Å². The molecule has 0 bridgehead atoms. The van der Waals surface area contributed by atoms with Crippen LogP contribution in [0.1, 0.15) is 59.8 Å². The molecule has 37 heavy (non-hydrogen) atoms. The summed E-state index contributed by atoms with van der Waals surface area (Å²) in [6.07, 6.45) is 5.72. The number of carbonyl (C=O) groups is 1. The molecule has 198 valence electrons. The second kappa shape index (κ2) is 12.1. The largest absolute Gasteiger partial charge is 0.481 e. The Morgan fingerprint density at radius 1 is 1.22 bits per heavy atom. The van der Waals surface area contributed by atoms with Gasteiger partial charge in [-0.3, -0.25) is 4.79 Å². The number of nitrogens with one attached hydrogen (secondary N) is 1. The van der Waals surface area contributed by atoms with Crippen molar-refractivity contribution in [2.75, 3.05) is 31.5 Å². The van der Waals surface area contributed by atoms with E-state index in [0.717, 1.165) is 80.3 Å². The lowest BCUT2D eigenvalue weighted by molar-refractivity contribution is -0.137. The van der Waals surface area contributed by atoms with Gasteiger partial charge in [0.05, 0.1) is 17.8 Å². The molecule has 1 fully saturated rings. The molecule has 0 saturated carbocycles. The highest BCUT2D eigenvalue weighted by Crippen LogP contribution is 2.29. The van der Waals surface area contributed by atoms with Crippen LogP contribution >= 0.6 is 12.4 Å². The van der Waals surface area contributed by atoms with E-state index in [1.807, 2.05) is 30.7 Å². The molecule has 8 heteroatoms. The highest BCUT2D eigenvalue weighted by molar-refractivity contribution is 5.85. The molecule has 2 aliphatic rings. The summed E-state index contributed by atoms with van der Waals surface area (Å²) in [4.78, 5) is 19.1. The van der Waals surface area contributed by atoms with E-state index in [2.05, 4.69) is 45.6 Å². The quantitative estimate of drug-likeness (QED) is 0.402. The number of benzene rings is 1. The highest BCUT2D eigenvalue weighted by Gasteiger charge is 2.27. The maximum absolute atomic E-state index is 11.7. The Morgan fingerprint density at radius 2 is 2.08 bits per heavy atom. The molecule has 1 saturated heterocycles. The standard InChI is InChI=1S/C29H37N5O2.ClH/c1-20-15-21(2)34(32-20)27-7-3-5-24(16-27)25(17-28(35)36)19-33-14-12-22(18-33)8-10-26-11-9-23-6-4-13-30-29(23)31-26;/h3,5,7,9,11,15-16,22,25H,4,6,8,10,12-14,17-19H2,1-2H3,(H,30,31)(H,35,36);1H. The minimum atomic E-state index is -0.751. The van der Waals surface area contributed by atoms with Gasteiger partial charge in [0.25, 0.3) is 0 Å². The van der Waals surface area contributed by atoms with Gasteiger partial charge in [-0.25, -0.2) is 9.67 Å². The van der Waals surface area contributed by atoms with Crippen LogP contribution in [0.5, 0.6) is 0 Å². The first-order valence-corrected chi connectivity index (χ1v) is 13.2. The van der Waals surface area contributed by atoms with Crippen LogP contribution in [0, 0.1) is 19.8 Å². The number of fused-ring (bicyclic) bond motifs is 1. The lowest BCUT2D eigenvalue weighted by atomic mass is 9.94. The molecule has 2 atom stereocenters. The van der Waals surface area contributed by atoms with Crippen LogP contribution in [0.2, 0.25) is 0 Å². The van der Waals surface area contributed by atoms with Gasteiger partial charge in [0.2, 0.25) is 0 Å². The number of anilines is 1. The monoisotopic (exact) mass is 523 g/mol. The summed E-state index contributed by atoms with van der Waals surface area (Å²) in [6.45, 7) is 7.87. The van der Waals surface area contributed by atoms with Gasteiger partial charge in [0.1, 0.15) is 5.82 Å². The molecule has 0 amide bonds. The van der Waals surface area contributed by atoms with Crippen LogP contribution in [-0.4, -0.2) is 56.9 Å². The Labute approximate surface area is 225 Å². The number of pyridine rings is 1. The van der Waals surface area contributed by atoms with Crippen molar-refractivity contribution in [3.05, 3.63) is 70.7 Å². The average molecular weight is 524 g/mol. The Kier molecular flexibility index (Phi) is 8.87. The minimum absolute atomic E-state index is 0. The van der Waals surface area contributed by atoms with Crippen molar-refractivity contribution in [3.63, 3.8) is 0 Å². The molecule has 7 nitrogen and oxygen atoms in total. The van der Waals surface area contributed by atoms with Crippen LogP contribution in [0.4, 0.5) is 5.82 Å². The van der Waals surface area contributed by atoms with Crippen molar-refractivity contribution in [2.24, 2.45) is 5.92 Å². The number of likely N-dealkylation sites (tertiary alicyclic amines) is 1. The second-order valence-electron chi connectivity index (χ2n) is 10.5. The van der Waals surface area contributed by atoms with Gasteiger partial charge in [-0.05, 0) is 93.8 Å². The number of carboxylic acids is 1. The van der Waals surface area contributed by atoms with E-state index >= 15 is 0 Å². The van der Waals surface area contributed by atoms with E-state index in [1.54, 1.807) is 0 Å². The van der Waals surface area contributed by atoms with Gasteiger partial charge in [-0.1, -0.05) is 18.2 Å². The number of carboxylic acid groups (broad SMARTS) is 1. The van der Waals surface area contributed by atoms with E-state index in [9.17, 15) is 9.90 Å². The average Bonchev–Trinajstić information content (AvgIpc) is 3.47. The first-order valence-electron chi connectivity index (χ1n) is 13.2. The summed E-state index contributed by atoms with van der Waals surface area (Å²) >= 11 is 0. The molecule has 3 aromatic rings.